The van der Waals surface area contributed by atoms with Gasteiger partial charge in [0.05, 0.1) is 18.4 Å². The maximum Gasteiger partial charge on any atom is 0.328 e. The van der Waals surface area contributed by atoms with Gasteiger partial charge in [-0.05, 0) is 12.8 Å². The highest BCUT2D eigenvalue weighted by Gasteiger charge is 2.26. The second-order valence-electron chi connectivity index (χ2n) is 4.95. The van der Waals surface area contributed by atoms with E-state index < -0.39 is 17.9 Å². The average molecular weight is 291 g/mol. The highest BCUT2D eigenvalue weighted by Crippen LogP contribution is 2.10. The van der Waals surface area contributed by atoms with E-state index in [0.29, 0.717) is 17.0 Å². The lowest BCUT2D eigenvalue weighted by molar-refractivity contribution is -0.144. The van der Waals surface area contributed by atoms with Gasteiger partial charge in [-0.2, -0.15) is 10.1 Å². The molecule has 2 rings (SSSR count). The zero-order valence-corrected chi connectivity index (χ0v) is 12.3. The highest BCUT2D eigenvalue weighted by molar-refractivity contribution is 5.97. The van der Waals surface area contributed by atoms with E-state index in [-0.39, 0.29) is 5.92 Å². The monoisotopic (exact) mass is 291 g/mol. The molecule has 0 aliphatic rings. The van der Waals surface area contributed by atoms with Gasteiger partial charge in [-0.25, -0.2) is 14.3 Å². The third-order valence-corrected chi connectivity index (χ3v) is 3.20. The van der Waals surface area contributed by atoms with Gasteiger partial charge in [-0.15, -0.1) is 0 Å². The number of esters is 1. The van der Waals surface area contributed by atoms with Crippen LogP contribution >= 0.6 is 0 Å². The van der Waals surface area contributed by atoms with Crippen molar-refractivity contribution >= 4 is 17.7 Å². The van der Waals surface area contributed by atoms with Crippen LogP contribution in [0.5, 0.6) is 0 Å². The maximum atomic E-state index is 12.3. The third kappa shape index (κ3) is 2.83. The topological polar surface area (TPSA) is 98.5 Å². The van der Waals surface area contributed by atoms with E-state index in [4.69, 9.17) is 4.74 Å². The molecule has 1 unspecified atom stereocenters. The predicted molar refractivity (Wildman–Crippen MR) is 73.6 cm³/mol. The van der Waals surface area contributed by atoms with Gasteiger partial charge in [0, 0.05) is 6.20 Å². The van der Waals surface area contributed by atoms with Crippen LogP contribution in [-0.2, 0) is 9.53 Å². The van der Waals surface area contributed by atoms with Crippen molar-refractivity contribution in [1.29, 1.82) is 0 Å². The van der Waals surface area contributed by atoms with E-state index in [2.05, 4.69) is 20.4 Å². The molecule has 0 radical (unpaired) electrons. The Hall–Kier alpha value is -2.51. The van der Waals surface area contributed by atoms with Crippen molar-refractivity contribution in [1.82, 2.24) is 24.9 Å². The molecule has 1 N–H and O–H groups in total. The van der Waals surface area contributed by atoms with Crippen LogP contribution in [0.25, 0.3) is 5.78 Å². The summed E-state index contributed by atoms with van der Waals surface area (Å²) in [7, 11) is 1.29. The van der Waals surface area contributed by atoms with Crippen molar-refractivity contribution in [2.45, 2.75) is 26.8 Å². The maximum absolute atomic E-state index is 12.3. The van der Waals surface area contributed by atoms with Crippen molar-refractivity contribution in [3.05, 3.63) is 23.8 Å². The smallest absolute Gasteiger partial charge is 0.328 e. The molecular weight excluding hydrogens is 274 g/mol. The standard InChI is InChI=1S/C13H17N5O3/c1-7(2)10(12(20)21-4)17-11(19)9-5-14-13-15-6-16-18(13)8(9)3/h5-7,10H,1-4H3,(H,17,19). The molecule has 1 atom stereocenters. The SMILES string of the molecule is COC(=O)C(NC(=O)c1cnc2ncnn2c1C)C(C)C. The zero-order chi connectivity index (χ0) is 15.6. The molecule has 0 aliphatic carbocycles. The number of methoxy groups -OCH3 is 1. The molecule has 112 valence electrons. The largest absolute Gasteiger partial charge is 0.467 e. The van der Waals surface area contributed by atoms with Gasteiger partial charge in [-0.1, -0.05) is 13.8 Å². The number of nitrogens with zero attached hydrogens (tertiary/aromatic N) is 4. The lowest BCUT2D eigenvalue weighted by Gasteiger charge is -2.20. The Morgan fingerprint density at radius 3 is 2.67 bits per heavy atom. The van der Waals surface area contributed by atoms with Gasteiger partial charge in [0.25, 0.3) is 11.7 Å². The number of aryl methyl sites for hydroxylation is 1. The predicted octanol–water partition coefficient (Wildman–Crippen LogP) is 0.360. The van der Waals surface area contributed by atoms with Gasteiger partial charge in [0.1, 0.15) is 12.4 Å². The third-order valence-electron chi connectivity index (χ3n) is 3.20. The van der Waals surface area contributed by atoms with Crippen LogP contribution in [-0.4, -0.2) is 44.6 Å². The number of ether oxygens (including phenoxy) is 1. The van der Waals surface area contributed by atoms with Gasteiger partial charge >= 0.3 is 5.97 Å². The lowest BCUT2D eigenvalue weighted by Crippen LogP contribution is -2.45. The van der Waals surface area contributed by atoms with Crippen molar-refractivity contribution in [2.75, 3.05) is 7.11 Å². The van der Waals surface area contributed by atoms with Crippen LogP contribution in [0.1, 0.15) is 29.9 Å². The molecule has 2 aromatic heterocycles. The van der Waals surface area contributed by atoms with E-state index in [1.54, 1.807) is 6.92 Å². The Kier molecular flexibility index (Phi) is 4.15. The van der Waals surface area contributed by atoms with Crippen LogP contribution in [0.4, 0.5) is 0 Å². The van der Waals surface area contributed by atoms with Crippen LogP contribution < -0.4 is 5.32 Å². The highest BCUT2D eigenvalue weighted by atomic mass is 16.5. The number of hydrogen-bond donors (Lipinski definition) is 1. The molecule has 2 heterocycles. The van der Waals surface area contributed by atoms with E-state index in [1.165, 1.54) is 24.1 Å². The normalized spacial score (nSPS) is 12.4. The molecule has 0 spiro atoms. The Morgan fingerprint density at radius 2 is 2.05 bits per heavy atom. The summed E-state index contributed by atoms with van der Waals surface area (Å²) in [6, 6.07) is -0.714. The van der Waals surface area contributed by atoms with E-state index >= 15 is 0 Å². The Labute approximate surface area is 121 Å². The fourth-order valence-electron chi connectivity index (χ4n) is 1.96. The minimum Gasteiger partial charge on any atom is -0.467 e. The average Bonchev–Trinajstić information content (AvgIpc) is 2.93. The molecule has 0 saturated heterocycles. The lowest BCUT2D eigenvalue weighted by atomic mass is 10.0. The Morgan fingerprint density at radius 1 is 1.33 bits per heavy atom. The minimum atomic E-state index is -0.714. The first kappa shape index (κ1) is 14.9. The number of aromatic nitrogens is 4. The Bertz CT molecular complexity index is 679. The van der Waals surface area contributed by atoms with Crippen LogP contribution in [0, 0.1) is 12.8 Å². The molecule has 0 aromatic carbocycles. The first-order valence-corrected chi connectivity index (χ1v) is 6.49. The molecule has 0 aliphatic heterocycles. The van der Waals surface area contributed by atoms with Crippen molar-refractivity contribution in [3.8, 4) is 0 Å². The van der Waals surface area contributed by atoms with E-state index in [9.17, 15) is 9.59 Å². The van der Waals surface area contributed by atoms with Gasteiger partial charge in [0.15, 0.2) is 0 Å². The van der Waals surface area contributed by atoms with Crippen LogP contribution in [0.3, 0.4) is 0 Å². The fraction of sp³-hybridized carbons (Fsp3) is 0.462. The van der Waals surface area contributed by atoms with E-state index in [1.807, 2.05) is 13.8 Å². The number of fused-ring (bicyclic) bond motifs is 1. The molecule has 0 saturated carbocycles. The Balaban J connectivity index is 2.29. The van der Waals surface area contributed by atoms with Gasteiger partial charge in [0.2, 0.25) is 0 Å². The number of rotatable bonds is 4. The van der Waals surface area contributed by atoms with Crippen molar-refractivity contribution < 1.29 is 14.3 Å². The van der Waals surface area contributed by atoms with Gasteiger partial charge in [-0.3, -0.25) is 4.79 Å². The van der Waals surface area contributed by atoms with Crippen LogP contribution in [0.15, 0.2) is 12.5 Å². The summed E-state index contributed by atoms with van der Waals surface area (Å²) in [5, 5.41) is 6.66. The molecule has 21 heavy (non-hydrogen) atoms. The summed E-state index contributed by atoms with van der Waals surface area (Å²) >= 11 is 0. The first-order valence-electron chi connectivity index (χ1n) is 6.49. The second-order valence-corrected chi connectivity index (χ2v) is 4.95. The molecule has 1 amide bonds. The molecule has 8 nitrogen and oxygen atoms in total. The summed E-state index contributed by atoms with van der Waals surface area (Å²) in [5.41, 5.74) is 0.935. The van der Waals surface area contributed by atoms with E-state index in [0.717, 1.165) is 0 Å². The van der Waals surface area contributed by atoms with Gasteiger partial charge < -0.3 is 10.1 Å². The van der Waals surface area contributed by atoms with Crippen molar-refractivity contribution in [3.63, 3.8) is 0 Å². The quantitative estimate of drug-likeness (QED) is 0.817. The molecule has 0 fully saturated rings. The minimum absolute atomic E-state index is 0.0928. The molecule has 0 bridgehead atoms. The molecule has 8 heteroatoms. The summed E-state index contributed by atoms with van der Waals surface area (Å²) < 4.78 is 6.17. The fourth-order valence-corrected chi connectivity index (χ4v) is 1.96. The summed E-state index contributed by atoms with van der Waals surface area (Å²) in [4.78, 5) is 32.0. The summed E-state index contributed by atoms with van der Waals surface area (Å²) in [5.74, 6) is -0.561. The second kappa shape index (κ2) is 5.86. The number of amides is 1. The number of carbonyl (C=O) groups excluding carboxylic acids is 2. The van der Waals surface area contributed by atoms with Crippen LogP contribution in [0.2, 0.25) is 0 Å². The summed E-state index contributed by atoms with van der Waals surface area (Å²) in [6.45, 7) is 5.39. The zero-order valence-electron chi connectivity index (χ0n) is 12.3. The molecule has 2 aromatic rings. The molecular formula is C13H17N5O3. The number of carbonyl (C=O) groups is 2. The number of hydrogen-bond acceptors (Lipinski definition) is 6. The van der Waals surface area contributed by atoms with Crippen molar-refractivity contribution in [2.24, 2.45) is 5.92 Å². The number of nitrogens with one attached hydrogen (secondary N) is 1. The summed E-state index contributed by atoms with van der Waals surface area (Å²) in [6.07, 6.45) is 2.78. The first-order chi connectivity index (χ1) is 9.95.